The predicted octanol–water partition coefficient (Wildman–Crippen LogP) is 2.09. The van der Waals surface area contributed by atoms with E-state index >= 15 is 0 Å². The lowest BCUT2D eigenvalue weighted by Crippen LogP contribution is -2.35. The highest BCUT2D eigenvalue weighted by Crippen LogP contribution is 2.18. The molecule has 0 saturated carbocycles. The minimum Gasteiger partial charge on any atom is -0.481 e. The van der Waals surface area contributed by atoms with Crippen LogP contribution in [0, 0.1) is 17.7 Å². The van der Waals surface area contributed by atoms with Crippen molar-refractivity contribution >= 4 is 22.8 Å². The van der Waals surface area contributed by atoms with E-state index in [1.807, 2.05) is 0 Å². The summed E-state index contributed by atoms with van der Waals surface area (Å²) in [6.45, 7) is 3.24. The summed E-state index contributed by atoms with van der Waals surface area (Å²) in [5.74, 6) is -4.26. The third-order valence-electron chi connectivity index (χ3n) is 2.99. The number of carbonyl (C=O) groups excluding carboxylic acids is 1. The van der Waals surface area contributed by atoms with Gasteiger partial charge < -0.3 is 9.94 Å². The summed E-state index contributed by atoms with van der Waals surface area (Å²) >= 11 is 0. The summed E-state index contributed by atoms with van der Waals surface area (Å²) in [5.41, 5.74) is 0.367. The Morgan fingerprint density at radius 3 is 2.60 bits per heavy atom. The van der Waals surface area contributed by atoms with Gasteiger partial charge in [0.15, 0.2) is 5.92 Å². The highest BCUT2D eigenvalue weighted by Gasteiger charge is 2.32. The van der Waals surface area contributed by atoms with E-state index in [1.165, 1.54) is 18.3 Å². The monoisotopic (exact) mass is 279 g/mol. The van der Waals surface area contributed by atoms with Crippen LogP contribution in [0.3, 0.4) is 0 Å². The summed E-state index contributed by atoms with van der Waals surface area (Å²) in [6, 6.07) is 5.70. The molecule has 2 aromatic rings. The molecule has 1 aromatic heterocycles. The lowest BCUT2D eigenvalue weighted by atomic mass is 9.96. The van der Waals surface area contributed by atoms with Gasteiger partial charge in [-0.2, -0.15) is 4.73 Å². The Morgan fingerprint density at radius 2 is 2.00 bits per heavy atom. The van der Waals surface area contributed by atoms with Crippen molar-refractivity contribution in [1.29, 1.82) is 0 Å². The van der Waals surface area contributed by atoms with Crippen molar-refractivity contribution in [3.05, 3.63) is 36.3 Å². The molecule has 0 amide bonds. The van der Waals surface area contributed by atoms with Gasteiger partial charge >= 0.3 is 11.9 Å². The van der Waals surface area contributed by atoms with Crippen molar-refractivity contribution in [2.45, 2.75) is 13.8 Å². The van der Waals surface area contributed by atoms with E-state index in [9.17, 15) is 14.0 Å². The fourth-order valence-corrected chi connectivity index (χ4v) is 1.97. The number of rotatable bonds is 4. The molecule has 106 valence electrons. The quantitative estimate of drug-likeness (QED) is 0.870. The molecule has 0 aliphatic carbocycles. The molecule has 0 aliphatic rings. The molecule has 1 atom stereocenters. The number of halogens is 1. The number of carboxylic acids is 1. The number of hydrogen-bond donors (Lipinski definition) is 1. The van der Waals surface area contributed by atoms with E-state index in [0.717, 1.165) is 4.73 Å². The number of fused-ring (bicyclic) bond motifs is 1. The fourth-order valence-electron chi connectivity index (χ4n) is 1.97. The zero-order valence-electron chi connectivity index (χ0n) is 11.0. The summed E-state index contributed by atoms with van der Waals surface area (Å²) in [7, 11) is 0. The second-order valence-corrected chi connectivity index (χ2v) is 4.81. The average Bonchev–Trinajstić information content (AvgIpc) is 2.70. The second kappa shape index (κ2) is 5.32. The third kappa shape index (κ3) is 2.64. The van der Waals surface area contributed by atoms with Crippen molar-refractivity contribution in [1.82, 2.24) is 4.73 Å². The van der Waals surface area contributed by atoms with Crippen LogP contribution in [0.5, 0.6) is 0 Å². The minimum atomic E-state index is -1.26. The molecule has 0 spiro atoms. The minimum absolute atomic E-state index is 0.367. The number of hydrogen-bond acceptors (Lipinski definition) is 3. The molecule has 2 rings (SSSR count). The molecular formula is C14H14FNO4. The largest absolute Gasteiger partial charge is 0.481 e. The molecule has 20 heavy (non-hydrogen) atoms. The predicted molar refractivity (Wildman–Crippen MR) is 69.4 cm³/mol. The van der Waals surface area contributed by atoms with Crippen LogP contribution >= 0.6 is 0 Å². The van der Waals surface area contributed by atoms with Crippen LogP contribution in [0.25, 0.3) is 10.9 Å². The number of carbonyl (C=O) groups is 2. The summed E-state index contributed by atoms with van der Waals surface area (Å²) in [5, 5.41) is 9.72. The number of aromatic nitrogens is 1. The van der Waals surface area contributed by atoms with Gasteiger partial charge in [0.1, 0.15) is 5.82 Å². The number of aliphatic carboxylic acids is 1. The molecule has 0 unspecified atom stereocenters. The molecule has 1 N–H and O–H groups in total. The van der Waals surface area contributed by atoms with Gasteiger partial charge in [-0.3, -0.25) is 4.79 Å². The van der Waals surface area contributed by atoms with E-state index in [4.69, 9.17) is 9.94 Å². The van der Waals surface area contributed by atoms with Crippen LogP contribution in [0.1, 0.15) is 13.8 Å². The lowest BCUT2D eigenvalue weighted by Gasteiger charge is -2.15. The summed E-state index contributed by atoms with van der Waals surface area (Å²) in [6.07, 6.45) is 1.45. The van der Waals surface area contributed by atoms with Crippen LogP contribution in [0.2, 0.25) is 0 Å². The van der Waals surface area contributed by atoms with Gasteiger partial charge in [-0.15, -0.1) is 0 Å². The van der Waals surface area contributed by atoms with Crippen molar-refractivity contribution in [2.75, 3.05) is 0 Å². The standard InChI is InChI=1S/C14H14FNO4/c1-8(2)12(13(17)18)14(19)20-16-6-5-9-3-4-10(15)7-11(9)16/h3-8,12H,1-2H3,(H,17,18)/t12-/m0/s1. The first-order valence-corrected chi connectivity index (χ1v) is 6.11. The Balaban J connectivity index is 2.30. The molecule has 0 saturated heterocycles. The van der Waals surface area contributed by atoms with Gasteiger partial charge in [-0.25, -0.2) is 9.18 Å². The summed E-state index contributed by atoms with van der Waals surface area (Å²) < 4.78 is 14.3. The van der Waals surface area contributed by atoms with E-state index in [0.29, 0.717) is 10.9 Å². The first kappa shape index (κ1) is 14.0. The Hall–Kier alpha value is -2.37. The van der Waals surface area contributed by atoms with E-state index in [1.54, 1.807) is 26.0 Å². The van der Waals surface area contributed by atoms with Crippen molar-refractivity contribution < 1.29 is 23.9 Å². The topological polar surface area (TPSA) is 68.5 Å². The average molecular weight is 279 g/mol. The zero-order valence-corrected chi connectivity index (χ0v) is 11.0. The van der Waals surface area contributed by atoms with E-state index in [-0.39, 0.29) is 0 Å². The van der Waals surface area contributed by atoms with Crippen molar-refractivity contribution in [2.24, 2.45) is 11.8 Å². The molecule has 5 nitrogen and oxygen atoms in total. The molecule has 1 heterocycles. The number of carboxylic acid groups (broad SMARTS) is 1. The first-order valence-electron chi connectivity index (χ1n) is 6.11. The molecule has 0 fully saturated rings. The van der Waals surface area contributed by atoms with E-state index in [2.05, 4.69) is 0 Å². The zero-order chi connectivity index (χ0) is 14.9. The Bertz CT molecular complexity index is 662. The Morgan fingerprint density at radius 1 is 1.30 bits per heavy atom. The van der Waals surface area contributed by atoms with Gasteiger partial charge in [-0.05, 0) is 24.1 Å². The normalized spacial score (nSPS) is 12.6. The smallest absolute Gasteiger partial charge is 0.347 e. The number of nitrogens with zero attached hydrogens (tertiary/aromatic N) is 1. The molecule has 0 aliphatic heterocycles. The van der Waals surface area contributed by atoms with Crippen molar-refractivity contribution in [3.8, 4) is 0 Å². The Labute approximate surface area is 114 Å². The van der Waals surface area contributed by atoms with Crippen LogP contribution < -0.4 is 4.84 Å². The molecule has 0 radical (unpaired) electrons. The maximum Gasteiger partial charge on any atom is 0.347 e. The van der Waals surface area contributed by atoms with Gasteiger partial charge in [0.2, 0.25) is 0 Å². The van der Waals surface area contributed by atoms with Crippen LogP contribution in [0.4, 0.5) is 4.39 Å². The highest BCUT2D eigenvalue weighted by molar-refractivity contribution is 5.94. The van der Waals surface area contributed by atoms with Crippen LogP contribution in [0.15, 0.2) is 30.5 Å². The van der Waals surface area contributed by atoms with Crippen LogP contribution in [-0.2, 0) is 9.59 Å². The van der Waals surface area contributed by atoms with Gasteiger partial charge in [-0.1, -0.05) is 13.8 Å². The maximum atomic E-state index is 13.2. The highest BCUT2D eigenvalue weighted by atomic mass is 19.1. The van der Waals surface area contributed by atoms with Crippen molar-refractivity contribution in [3.63, 3.8) is 0 Å². The SMILES string of the molecule is CC(C)[C@@H](C(=O)O)C(=O)On1ccc2ccc(F)cc21. The lowest BCUT2D eigenvalue weighted by molar-refractivity contribution is -0.160. The Kier molecular flexibility index (Phi) is 3.74. The number of benzene rings is 1. The molecule has 0 bridgehead atoms. The van der Waals surface area contributed by atoms with Crippen LogP contribution in [-0.4, -0.2) is 21.8 Å². The molecule has 1 aromatic carbocycles. The fraction of sp³-hybridized carbons (Fsp3) is 0.286. The van der Waals surface area contributed by atoms with Gasteiger partial charge in [0, 0.05) is 17.6 Å². The third-order valence-corrected chi connectivity index (χ3v) is 2.99. The second-order valence-electron chi connectivity index (χ2n) is 4.81. The van der Waals surface area contributed by atoms with Gasteiger partial charge in [0.05, 0.1) is 5.52 Å². The maximum absolute atomic E-state index is 13.2. The first-order chi connectivity index (χ1) is 9.40. The summed E-state index contributed by atoms with van der Waals surface area (Å²) in [4.78, 5) is 28.0. The molecular weight excluding hydrogens is 265 g/mol. The van der Waals surface area contributed by atoms with Gasteiger partial charge in [0.25, 0.3) is 0 Å². The molecule has 6 heteroatoms. The van der Waals surface area contributed by atoms with E-state index < -0.39 is 29.6 Å².